The second kappa shape index (κ2) is 7.99. The monoisotopic (exact) mass is 393 g/mol. The van der Waals surface area contributed by atoms with Crippen LogP contribution >= 0.6 is 0 Å². The molecule has 152 valence electrons. The maximum absolute atomic E-state index is 12.8. The van der Waals surface area contributed by atoms with Gasteiger partial charge in [0.15, 0.2) is 0 Å². The molecule has 0 heterocycles. The molecule has 5 heteroatoms. The first-order valence-corrected chi connectivity index (χ1v) is 10.4. The Labute approximate surface area is 170 Å². The first kappa shape index (κ1) is 19.6. The zero-order chi connectivity index (χ0) is 20.4. The lowest BCUT2D eigenvalue weighted by molar-refractivity contribution is -0.162. The molecule has 1 atom stereocenters. The van der Waals surface area contributed by atoms with Crippen molar-refractivity contribution < 1.29 is 19.4 Å². The fourth-order valence-electron chi connectivity index (χ4n) is 4.83. The topological polar surface area (TPSA) is 89.6 Å². The number of fused-ring (bicyclic) bond motifs is 3. The van der Waals surface area contributed by atoms with Crippen molar-refractivity contribution in [2.75, 3.05) is 6.61 Å². The predicted molar refractivity (Wildman–Crippen MR) is 110 cm³/mol. The Bertz CT molecular complexity index is 873. The summed E-state index contributed by atoms with van der Waals surface area (Å²) >= 11 is 0. The van der Waals surface area contributed by atoms with E-state index in [0.29, 0.717) is 0 Å². The Morgan fingerprint density at radius 1 is 0.966 bits per heavy atom. The summed E-state index contributed by atoms with van der Waals surface area (Å²) in [5, 5.41) is 9.72. The fraction of sp³-hybridized carbons (Fsp3) is 0.417. The Morgan fingerprint density at radius 2 is 1.52 bits per heavy atom. The van der Waals surface area contributed by atoms with Crippen LogP contribution in [0.25, 0.3) is 11.1 Å². The number of hydrogen-bond acceptors (Lipinski definition) is 4. The second-order valence-corrected chi connectivity index (χ2v) is 8.31. The average molecular weight is 393 g/mol. The molecule has 0 saturated heterocycles. The van der Waals surface area contributed by atoms with Crippen molar-refractivity contribution >= 4 is 11.9 Å². The van der Waals surface area contributed by atoms with Gasteiger partial charge in [-0.2, -0.15) is 0 Å². The van der Waals surface area contributed by atoms with Gasteiger partial charge in [0.05, 0.1) is 0 Å². The zero-order valence-electron chi connectivity index (χ0n) is 16.5. The molecule has 3 N–H and O–H groups in total. The predicted octanol–water partition coefficient (Wildman–Crippen LogP) is 4.09. The highest BCUT2D eigenvalue weighted by Crippen LogP contribution is 2.44. The molecular weight excluding hydrogens is 366 g/mol. The van der Waals surface area contributed by atoms with E-state index in [-0.39, 0.29) is 24.9 Å². The average Bonchev–Trinajstić information content (AvgIpc) is 3.06. The van der Waals surface area contributed by atoms with Gasteiger partial charge in [-0.1, -0.05) is 80.6 Å². The number of carboxylic acids is 1. The van der Waals surface area contributed by atoms with Gasteiger partial charge in [0.1, 0.15) is 6.61 Å². The molecule has 1 unspecified atom stereocenters. The van der Waals surface area contributed by atoms with E-state index in [1.807, 2.05) is 36.4 Å². The van der Waals surface area contributed by atoms with E-state index in [1.165, 1.54) is 0 Å². The second-order valence-electron chi connectivity index (χ2n) is 8.31. The third-order valence-corrected chi connectivity index (χ3v) is 6.42. The number of ether oxygens (including phenoxy) is 1. The number of aliphatic carboxylic acids is 1. The Balaban J connectivity index is 1.51. The molecule has 0 bridgehead atoms. The number of carbonyl (C=O) groups is 2. The maximum atomic E-state index is 12.8. The lowest BCUT2D eigenvalue weighted by atomic mass is 9.79. The Morgan fingerprint density at radius 3 is 2.07 bits per heavy atom. The van der Waals surface area contributed by atoms with Crippen LogP contribution < -0.4 is 5.73 Å². The van der Waals surface area contributed by atoms with Crippen LogP contribution in [0.1, 0.15) is 55.6 Å². The Kier molecular flexibility index (Phi) is 5.41. The minimum absolute atomic E-state index is 0.0871. The van der Waals surface area contributed by atoms with Crippen LogP contribution in [0.4, 0.5) is 0 Å². The van der Waals surface area contributed by atoms with Gasteiger partial charge >= 0.3 is 11.9 Å². The van der Waals surface area contributed by atoms with Crippen LogP contribution in [0.2, 0.25) is 0 Å². The summed E-state index contributed by atoms with van der Waals surface area (Å²) in [5.74, 6) is -2.10. The molecule has 1 fully saturated rings. The first-order valence-electron chi connectivity index (χ1n) is 10.4. The third-order valence-electron chi connectivity index (χ3n) is 6.42. The van der Waals surface area contributed by atoms with Gasteiger partial charge in [-0.05, 0) is 34.6 Å². The Hall–Kier alpha value is -2.66. The molecular formula is C24H27NO4. The molecule has 2 aliphatic rings. The van der Waals surface area contributed by atoms with Gasteiger partial charge in [-0.3, -0.25) is 0 Å². The van der Waals surface area contributed by atoms with E-state index in [2.05, 4.69) is 12.1 Å². The molecule has 4 rings (SSSR count). The molecule has 29 heavy (non-hydrogen) atoms. The fourth-order valence-corrected chi connectivity index (χ4v) is 4.83. The minimum atomic E-state index is -1.99. The molecule has 0 radical (unpaired) electrons. The third kappa shape index (κ3) is 3.67. The van der Waals surface area contributed by atoms with Gasteiger partial charge in [-0.15, -0.1) is 0 Å². The molecule has 2 aromatic carbocycles. The highest BCUT2D eigenvalue weighted by Gasteiger charge is 2.46. The van der Waals surface area contributed by atoms with Gasteiger partial charge in [0.2, 0.25) is 5.54 Å². The first-order chi connectivity index (χ1) is 14.0. The molecule has 0 spiro atoms. The smallest absolute Gasteiger partial charge is 0.337 e. The maximum Gasteiger partial charge on any atom is 0.337 e. The normalized spacial score (nSPS) is 18.5. The van der Waals surface area contributed by atoms with E-state index in [0.717, 1.165) is 54.4 Å². The molecule has 5 nitrogen and oxygen atoms in total. The number of nitrogens with two attached hydrogens (primary N) is 1. The number of rotatable bonds is 6. The van der Waals surface area contributed by atoms with E-state index >= 15 is 0 Å². The lowest BCUT2D eigenvalue weighted by Crippen LogP contribution is -2.57. The summed E-state index contributed by atoms with van der Waals surface area (Å²) in [6.07, 6.45) is 5.26. The van der Waals surface area contributed by atoms with Crippen molar-refractivity contribution in [3.63, 3.8) is 0 Å². The van der Waals surface area contributed by atoms with Crippen molar-refractivity contribution in [3.05, 3.63) is 59.7 Å². The molecule has 0 aliphatic heterocycles. The molecule has 1 saturated carbocycles. The van der Waals surface area contributed by atoms with Crippen molar-refractivity contribution in [2.45, 2.75) is 50.0 Å². The van der Waals surface area contributed by atoms with Crippen molar-refractivity contribution in [3.8, 4) is 11.1 Å². The standard InChI is InChI=1S/C24H27NO4/c25-24(22(26)27,14-16-8-2-1-3-9-16)23(28)29-15-21-19-12-6-4-10-17(19)18-11-5-7-13-20(18)21/h4-7,10-13,16,21H,1-3,8-9,14-15,25H2,(H,26,27). The van der Waals surface area contributed by atoms with E-state index in [1.54, 1.807) is 0 Å². The molecule has 0 amide bonds. The van der Waals surface area contributed by atoms with E-state index in [9.17, 15) is 14.7 Å². The van der Waals surface area contributed by atoms with E-state index < -0.39 is 17.5 Å². The largest absolute Gasteiger partial charge is 0.479 e. The van der Waals surface area contributed by atoms with Crippen LogP contribution in [0, 0.1) is 5.92 Å². The van der Waals surface area contributed by atoms with Crippen molar-refractivity contribution in [2.24, 2.45) is 11.7 Å². The molecule has 2 aromatic rings. The highest BCUT2D eigenvalue weighted by atomic mass is 16.5. The lowest BCUT2D eigenvalue weighted by Gasteiger charge is -2.30. The number of carboxylic acid groups (broad SMARTS) is 1. The van der Waals surface area contributed by atoms with Gasteiger partial charge < -0.3 is 15.6 Å². The van der Waals surface area contributed by atoms with Crippen LogP contribution in [-0.4, -0.2) is 29.2 Å². The summed E-state index contributed by atoms with van der Waals surface area (Å²) < 4.78 is 5.56. The number of esters is 1. The van der Waals surface area contributed by atoms with Crippen molar-refractivity contribution in [1.82, 2.24) is 0 Å². The minimum Gasteiger partial charge on any atom is -0.479 e. The van der Waals surface area contributed by atoms with Crippen LogP contribution in [-0.2, 0) is 14.3 Å². The van der Waals surface area contributed by atoms with Crippen LogP contribution in [0.15, 0.2) is 48.5 Å². The van der Waals surface area contributed by atoms with Gasteiger partial charge in [0.25, 0.3) is 0 Å². The molecule has 2 aliphatic carbocycles. The summed E-state index contributed by atoms with van der Waals surface area (Å²) in [7, 11) is 0. The zero-order valence-corrected chi connectivity index (χ0v) is 16.5. The quantitative estimate of drug-likeness (QED) is 0.570. The number of carbonyl (C=O) groups excluding carboxylic acids is 1. The summed E-state index contributed by atoms with van der Waals surface area (Å²) in [5.41, 5.74) is 8.56. The number of hydrogen-bond donors (Lipinski definition) is 2. The van der Waals surface area contributed by atoms with Crippen molar-refractivity contribution in [1.29, 1.82) is 0 Å². The van der Waals surface area contributed by atoms with Gasteiger partial charge in [0, 0.05) is 5.92 Å². The summed E-state index contributed by atoms with van der Waals surface area (Å²) in [4.78, 5) is 24.7. The van der Waals surface area contributed by atoms with Crippen LogP contribution in [0.5, 0.6) is 0 Å². The summed E-state index contributed by atoms with van der Waals surface area (Å²) in [6, 6.07) is 16.1. The highest BCUT2D eigenvalue weighted by molar-refractivity contribution is 6.03. The SMILES string of the molecule is NC(CC1CCCCC1)(C(=O)O)C(=O)OCC1c2ccccc2-c2ccccc21. The molecule has 0 aromatic heterocycles. The van der Waals surface area contributed by atoms with E-state index in [4.69, 9.17) is 10.5 Å². The van der Waals surface area contributed by atoms with Gasteiger partial charge in [-0.25, -0.2) is 9.59 Å². The van der Waals surface area contributed by atoms with Crippen LogP contribution in [0.3, 0.4) is 0 Å². The summed E-state index contributed by atoms with van der Waals surface area (Å²) in [6.45, 7) is 0.0871. The number of benzene rings is 2.